The van der Waals surface area contributed by atoms with Crippen LogP contribution in [0.2, 0.25) is 0 Å². The van der Waals surface area contributed by atoms with Crippen molar-refractivity contribution >= 4 is 11.3 Å². The molecule has 0 spiro atoms. The molecule has 1 aromatic carbocycles. The van der Waals surface area contributed by atoms with Crippen molar-refractivity contribution < 1.29 is 0 Å². The van der Waals surface area contributed by atoms with Gasteiger partial charge in [0.1, 0.15) is 0 Å². The number of nitrogens with two attached hydrogens (primary N) is 1. The number of aromatic nitrogens is 3. The molecule has 0 saturated carbocycles. The largest absolute Gasteiger partial charge is 0.325 e. The van der Waals surface area contributed by atoms with Crippen molar-refractivity contribution in [3.63, 3.8) is 0 Å². The summed E-state index contributed by atoms with van der Waals surface area (Å²) < 4.78 is 2.00. The van der Waals surface area contributed by atoms with E-state index >= 15 is 0 Å². The Kier molecular flexibility index (Phi) is 4.13. The average molecular weight is 298 g/mol. The second-order valence-electron chi connectivity index (χ2n) is 4.97. The molecule has 5 heteroatoms. The topological polar surface area (TPSA) is 56.7 Å². The van der Waals surface area contributed by atoms with E-state index in [-0.39, 0.29) is 6.04 Å². The van der Waals surface area contributed by atoms with E-state index in [4.69, 9.17) is 5.73 Å². The van der Waals surface area contributed by atoms with Crippen LogP contribution >= 0.6 is 11.3 Å². The Labute approximate surface area is 128 Å². The predicted octanol–water partition coefficient (Wildman–Crippen LogP) is 3.00. The van der Waals surface area contributed by atoms with Crippen LogP contribution in [0.4, 0.5) is 0 Å². The third kappa shape index (κ3) is 2.89. The molecule has 21 heavy (non-hydrogen) atoms. The van der Waals surface area contributed by atoms with E-state index in [0.717, 1.165) is 17.8 Å². The number of rotatable bonds is 5. The lowest BCUT2D eigenvalue weighted by Crippen LogP contribution is -2.13. The molecule has 3 aromatic rings. The molecule has 0 fully saturated rings. The maximum atomic E-state index is 5.82. The van der Waals surface area contributed by atoms with Crippen LogP contribution < -0.4 is 5.73 Å². The van der Waals surface area contributed by atoms with E-state index in [1.165, 1.54) is 10.4 Å². The zero-order valence-electron chi connectivity index (χ0n) is 11.9. The molecule has 0 bridgehead atoms. The van der Waals surface area contributed by atoms with Crippen molar-refractivity contribution in [3.8, 4) is 0 Å². The number of hydrogen-bond acceptors (Lipinski definition) is 4. The number of benzene rings is 1. The van der Waals surface area contributed by atoms with Crippen LogP contribution in [0.15, 0.2) is 47.8 Å². The third-order valence-corrected chi connectivity index (χ3v) is 4.51. The Morgan fingerprint density at radius 1 is 1.19 bits per heavy atom. The highest BCUT2D eigenvalue weighted by atomic mass is 32.1. The van der Waals surface area contributed by atoms with Crippen LogP contribution in [-0.2, 0) is 13.0 Å². The van der Waals surface area contributed by atoms with Crippen LogP contribution in [0.25, 0.3) is 0 Å². The number of nitrogens with zero attached hydrogens (tertiary/aromatic N) is 3. The van der Waals surface area contributed by atoms with E-state index in [1.54, 1.807) is 11.3 Å². The second-order valence-corrected chi connectivity index (χ2v) is 6.01. The van der Waals surface area contributed by atoms with E-state index in [9.17, 15) is 0 Å². The molecule has 2 N–H and O–H groups in total. The highest BCUT2D eigenvalue weighted by Crippen LogP contribution is 2.23. The van der Waals surface area contributed by atoms with Gasteiger partial charge in [0.05, 0.1) is 17.4 Å². The van der Waals surface area contributed by atoms with Gasteiger partial charge in [-0.25, -0.2) is 4.68 Å². The smallest absolute Gasteiger partial charge is 0.0998 e. The monoisotopic (exact) mass is 298 g/mol. The summed E-state index contributed by atoms with van der Waals surface area (Å²) in [6, 6.07) is 14.7. The van der Waals surface area contributed by atoms with Gasteiger partial charge >= 0.3 is 0 Å². The molecule has 0 aliphatic carbocycles. The maximum absolute atomic E-state index is 5.82. The van der Waals surface area contributed by atoms with Gasteiger partial charge < -0.3 is 5.73 Å². The Morgan fingerprint density at radius 3 is 2.67 bits per heavy atom. The zero-order valence-corrected chi connectivity index (χ0v) is 12.8. The summed E-state index contributed by atoms with van der Waals surface area (Å²) in [5.74, 6) is 0. The lowest BCUT2D eigenvalue weighted by Gasteiger charge is -2.15. The first-order valence-corrected chi connectivity index (χ1v) is 7.88. The molecule has 2 aromatic heterocycles. The Morgan fingerprint density at radius 2 is 2.00 bits per heavy atom. The van der Waals surface area contributed by atoms with Crippen molar-refractivity contribution in [1.29, 1.82) is 0 Å². The van der Waals surface area contributed by atoms with E-state index in [1.807, 2.05) is 22.9 Å². The minimum Gasteiger partial charge on any atom is -0.325 e. The zero-order chi connectivity index (χ0) is 14.7. The Bertz CT molecular complexity index is 688. The quantitative estimate of drug-likeness (QED) is 0.788. The summed E-state index contributed by atoms with van der Waals surface area (Å²) in [6.45, 7) is 2.56. The fourth-order valence-electron chi connectivity index (χ4n) is 2.45. The molecule has 0 amide bonds. The molecule has 4 nitrogen and oxygen atoms in total. The fraction of sp³-hybridized carbons (Fsp3) is 0.250. The average Bonchev–Trinajstić information content (AvgIpc) is 3.17. The molecule has 1 unspecified atom stereocenters. The van der Waals surface area contributed by atoms with Crippen molar-refractivity contribution in [2.24, 2.45) is 5.73 Å². The van der Waals surface area contributed by atoms with Crippen molar-refractivity contribution in [2.75, 3.05) is 0 Å². The van der Waals surface area contributed by atoms with Gasteiger partial charge in [-0.15, -0.1) is 16.4 Å². The van der Waals surface area contributed by atoms with Gasteiger partial charge in [0.15, 0.2) is 0 Å². The van der Waals surface area contributed by atoms with E-state index in [0.29, 0.717) is 6.54 Å². The minimum absolute atomic E-state index is 0.147. The van der Waals surface area contributed by atoms with Gasteiger partial charge in [0.25, 0.3) is 0 Å². The highest BCUT2D eigenvalue weighted by molar-refractivity contribution is 7.09. The number of thiophene rings is 1. The SMILES string of the molecule is CC(c1ccccc1)n1nnc(CN)c1Cc1cccs1. The van der Waals surface area contributed by atoms with Crippen molar-refractivity contribution in [1.82, 2.24) is 15.0 Å². The molecular formula is C16H18N4S. The van der Waals surface area contributed by atoms with Crippen LogP contribution in [0.3, 0.4) is 0 Å². The van der Waals surface area contributed by atoms with Gasteiger partial charge in [-0.1, -0.05) is 41.6 Å². The lowest BCUT2D eigenvalue weighted by molar-refractivity contribution is 0.526. The first-order chi connectivity index (χ1) is 10.3. The van der Waals surface area contributed by atoms with Crippen molar-refractivity contribution in [2.45, 2.75) is 25.9 Å². The summed E-state index contributed by atoms with van der Waals surface area (Å²) in [6.07, 6.45) is 0.828. The van der Waals surface area contributed by atoms with Gasteiger partial charge in [-0.05, 0) is 23.9 Å². The summed E-state index contributed by atoms with van der Waals surface area (Å²) in [7, 11) is 0. The normalized spacial score (nSPS) is 12.5. The summed E-state index contributed by atoms with van der Waals surface area (Å²) in [5, 5.41) is 10.7. The molecule has 0 aliphatic rings. The summed E-state index contributed by atoms with van der Waals surface area (Å²) >= 11 is 1.75. The second kappa shape index (κ2) is 6.20. The minimum atomic E-state index is 0.147. The predicted molar refractivity (Wildman–Crippen MR) is 85.3 cm³/mol. The highest BCUT2D eigenvalue weighted by Gasteiger charge is 2.18. The first-order valence-electron chi connectivity index (χ1n) is 7.00. The van der Waals surface area contributed by atoms with Crippen molar-refractivity contribution in [3.05, 3.63) is 69.7 Å². The molecule has 0 radical (unpaired) electrons. The van der Waals surface area contributed by atoms with Gasteiger partial charge in [0, 0.05) is 17.8 Å². The Balaban J connectivity index is 1.97. The fourth-order valence-corrected chi connectivity index (χ4v) is 3.16. The summed E-state index contributed by atoms with van der Waals surface area (Å²) in [4.78, 5) is 1.30. The molecule has 2 heterocycles. The van der Waals surface area contributed by atoms with Crippen LogP contribution in [0, 0.1) is 0 Å². The molecule has 3 rings (SSSR count). The van der Waals surface area contributed by atoms with Crippen LogP contribution in [-0.4, -0.2) is 15.0 Å². The molecule has 1 atom stereocenters. The molecule has 0 saturated heterocycles. The third-order valence-electron chi connectivity index (χ3n) is 3.64. The van der Waals surface area contributed by atoms with Crippen LogP contribution in [0.5, 0.6) is 0 Å². The van der Waals surface area contributed by atoms with Gasteiger partial charge in [0.2, 0.25) is 0 Å². The lowest BCUT2D eigenvalue weighted by atomic mass is 10.1. The number of hydrogen-bond donors (Lipinski definition) is 1. The molecule has 108 valence electrons. The van der Waals surface area contributed by atoms with Gasteiger partial charge in [-0.2, -0.15) is 0 Å². The van der Waals surface area contributed by atoms with E-state index < -0.39 is 0 Å². The molecular weight excluding hydrogens is 280 g/mol. The maximum Gasteiger partial charge on any atom is 0.0998 e. The molecule has 0 aliphatic heterocycles. The van der Waals surface area contributed by atoms with Gasteiger partial charge in [-0.3, -0.25) is 0 Å². The van der Waals surface area contributed by atoms with E-state index in [2.05, 4.69) is 46.9 Å². The Hall–Kier alpha value is -1.98. The standard InChI is InChI=1S/C16H18N4S/c1-12(13-6-3-2-4-7-13)20-16(15(11-17)18-19-20)10-14-8-5-9-21-14/h2-9,12H,10-11,17H2,1H3. The first kappa shape index (κ1) is 14.0. The summed E-state index contributed by atoms with van der Waals surface area (Å²) in [5.41, 5.74) is 9.03. The van der Waals surface area contributed by atoms with Crippen LogP contribution in [0.1, 0.15) is 34.8 Å².